The fraction of sp³-hybridized carbons (Fsp3) is 0.571. The Morgan fingerprint density at radius 1 is 1.22 bits per heavy atom. The molecule has 152 valence electrons. The number of nitrogens with one attached hydrogen (secondary N) is 2. The third-order valence-corrected chi connectivity index (χ3v) is 4.75. The zero-order valence-electron chi connectivity index (χ0n) is 17.1. The second-order valence-electron chi connectivity index (χ2n) is 6.71. The van der Waals surface area contributed by atoms with Crippen molar-refractivity contribution in [1.29, 1.82) is 0 Å². The van der Waals surface area contributed by atoms with Crippen LogP contribution in [0.1, 0.15) is 39.4 Å². The molecule has 0 aliphatic rings. The molecule has 1 heterocycles. The molecule has 0 aliphatic heterocycles. The van der Waals surface area contributed by atoms with Gasteiger partial charge < -0.3 is 20.0 Å². The lowest BCUT2D eigenvalue weighted by Gasteiger charge is -2.21. The minimum Gasteiger partial charge on any atom is -0.461 e. The fourth-order valence-corrected chi connectivity index (χ4v) is 3.13. The summed E-state index contributed by atoms with van der Waals surface area (Å²) in [4.78, 5) is 6.80. The highest BCUT2D eigenvalue weighted by atomic mass is 127. The van der Waals surface area contributed by atoms with Crippen molar-refractivity contribution in [2.45, 2.75) is 46.1 Å². The molecule has 1 atom stereocenters. The summed E-state index contributed by atoms with van der Waals surface area (Å²) in [5.74, 6) is 1.86. The molecular weight excluding hydrogens is 451 g/mol. The second kappa shape index (κ2) is 13.0. The Morgan fingerprint density at radius 3 is 2.63 bits per heavy atom. The molecule has 2 aromatic rings. The predicted molar refractivity (Wildman–Crippen MR) is 126 cm³/mol. The van der Waals surface area contributed by atoms with Gasteiger partial charge in [-0.15, -0.1) is 24.0 Å². The molecule has 0 spiro atoms. The van der Waals surface area contributed by atoms with Gasteiger partial charge in [-0.05, 0) is 51.5 Å². The molecule has 27 heavy (non-hydrogen) atoms. The Balaban J connectivity index is 0.00000364. The molecule has 2 N–H and O–H groups in total. The average molecular weight is 486 g/mol. The summed E-state index contributed by atoms with van der Waals surface area (Å²) in [6, 6.07) is 10.6. The van der Waals surface area contributed by atoms with Gasteiger partial charge in [0, 0.05) is 31.4 Å². The Bertz CT molecular complexity index is 649. The molecule has 0 amide bonds. The largest absolute Gasteiger partial charge is 0.461 e. The summed E-state index contributed by atoms with van der Waals surface area (Å²) in [5, 5.41) is 8.02. The maximum absolute atomic E-state index is 5.86. The summed E-state index contributed by atoms with van der Waals surface area (Å²) >= 11 is 0. The van der Waals surface area contributed by atoms with E-state index in [0.717, 1.165) is 61.7 Å². The highest BCUT2D eigenvalue weighted by Gasteiger charge is 2.07. The predicted octanol–water partition coefficient (Wildman–Crippen LogP) is 4.27. The first-order valence-corrected chi connectivity index (χ1v) is 9.83. The van der Waals surface area contributed by atoms with Crippen molar-refractivity contribution in [2.24, 2.45) is 4.99 Å². The monoisotopic (exact) mass is 486 g/mol. The lowest BCUT2D eigenvalue weighted by atomic mass is 10.2. The van der Waals surface area contributed by atoms with Gasteiger partial charge in [-0.2, -0.15) is 0 Å². The number of aliphatic imine (C=N–C) groups is 1. The summed E-state index contributed by atoms with van der Waals surface area (Å²) in [5.41, 5.74) is 0.951. The van der Waals surface area contributed by atoms with Crippen LogP contribution >= 0.6 is 24.0 Å². The van der Waals surface area contributed by atoms with Gasteiger partial charge in [0.15, 0.2) is 5.96 Å². The maximum atomic E-state index is 5.86. The Hall–Kier alpha value is -1.28. The van der Waals surface area contributed by atoms with E-state index in [1.807, 2.05) is 25.2 Å². The van der Waals surface area contributed by atoms with Crippen LogP contribution in [0.4, 0.5) is 0 Å². The van der Waals surface area contributed by atoms with Crippen molar-refractivity contribution < 1.29 is 4.42 Å². The van der Waals surface area contributed by atoms with Crippen LogP contribution in [-0.2, 0) is 6.42 Å². The highest BCUT2D eigenvalue weighted by Crippen LogP contribution is 2.18. The molecule has 2 rings (SSSR count). The first kappa shape index (κ1) is 23.8. The van der Waals surface area contributed by atoms with E-state index < -0.39 is 0 Å². The number of hydrogen-bond acceptors (Lipinski definition) is 3. The van der Waals surface area contributed by atoms with Gasteiger partial charge in [0.25, 0.3) is 0 Å². The van der Waals surface area contributed by atoms with Crippen LogP contribution in [0.3, 0.4) is 0 Å². The standard InChI is InChI=1S/C21H34N4O.HI/c1-5-25(6-2)15-9-10-17(3)24-21(22-4)23-14-13-19-16-18-11-7-8-12-20(18)26-19;/h7-8,11-12,16-17H,5-6,9-10,13-15H2,1-4H3,(H2,22,23,24);1H. The Kier molecular flexibility index (Phi) is 11.4. The number of rotatable bonds is 10. The molecule has 0 aliphatic carbocycles. The van der Waals surface area contributed by atoms with Crippen LogP contribution in [0.5, 0.6) is 0 Å². The third-order valence-electron chi connectivity index (χ3n) is 4.75. The minimum atomic E-state index is 0. The zero-order valence-corrected chi connectivity index (χ0v) is 19.5. The van der Waals surface area contributed by atoms with Gasteiger partial charge in [0.2, 0.25) is 0 Å². The van der Waals surface area contributed by atoms with Gasteiger partial charge in [0.1, 0.15) is 11.3 Å². The van der Waals surface area contributed by atoms with E-state index in [-0.39, 0.29) is 24.0 Å². The van der Waals surface area contributed by atoms with Crippen molar-refractivity contribution in [1.82, 2.24) is 15.5 Å². The zero-order chi connectivity index (χ0) is 18.8. The van der Waals surface area contributed by atoms with Crippen molar-refractivity contribution in [3.05, 3.63) is 36.1 Å². The van der Waals surface area contributed by atoms with Gasteiger partial charge in [-0.3, -0.25) is 4.99 Å². The number of furan rings is 1. The third kappa shape index (κ3) is 8.09. The molecule has 0 radical (unpaired) electrons. The lowest BCUT2D eigenvalue weighted by Crippen LogP contribution is -2.43. The Labute approximate surface area is 181 Å². The van der Waals surface area contributed by atoms with E-state index in [1.165, 1.54) is 6.42 Å². The summed E-state index contributed by atoms with van der Waals surface area (Å²) in [6.07, 6.45) is 3.18. The quantitative estimate of drug-likeness (QED) is 0.299. The maximum Gasteiger partial charge on any atom is 0.191 e. The van der Waals surface area contributed by atoms with Crippen LogP contribution in [0.15, 0.2) is 39.7 Å². The minimum absolute atomic E-state index is 0. The molecule has 0 saturated carbocycles. The van der Waals surface area contributed by atoms with Crippen LogP contribution in [0.25, 0.3) is 11.0 Å². The summed E-state index contributed by atoms with van der Waals surface area (Å²) < 4.78 is 5.86. The Morgan fingerprint density at radius 2 is 1.96 bits per heavy atom. The van der Waals surface area contributed by atoms with E-state index in [0.29, 0.717) is 6.04 Å². The van der Waals surface area contributed by atoms with E-state index >= 15 is 0 Å². The normalized spacial score (nSPS) is 12.9. The highest BCUT2D eigenvalue weighted by molar-refractivity contribution is 14.0. The van der Waals surface area contributed by atoms with E-state index in [4.69, 9.17) is 4.42 Å². The second-order valence-corrected chi connectivity index (χ2v) is 6.71. The molecular formula is C21H35IN4O. The average Bonchev–Trinajstić information content (AvgIpc) is 3.07. The number of para-hydroxylation sites is 1. The number of hydrogen-bond donors (Lipinski definition) is 2. The van der Waals surface area contributed by atoms with Gasteiger partial charge in [0.05, 0.1) is 0 Å². The van der Waals surface area contributed by atoms with Gasteiger partial charge in [-0.1, -0.05) is 32.0 Å². The van der Waals surface area contributed by atoms with Gasteiger partial charge in [-0.25, -0.2) is 0 Å². The van der Waals surface area contributed by atoms with Crippen molar-refractivity contribution in [2.75, 3.05) is 33.2 Å². The number of benzene rings is 1. The van der Waals surface area contributed by atoms with Crippen LogP contribution in [0.2, 0.25) is 0 Å². The van der Waals surface area contributed by atoms with Crippen LogP contribution in [0, 0.1) is 0 Å². The van der Waals surface area contributed by atoms with Crippen LogP contribution < -0.4 is 10.6 Å². The first-order chi connectivity index (χ1) is 12.7. The first-order valence-electron chi connectivity index (χ1n) is 9.83. The van der Waals surface area contributed by atoms with E-state index in [9.17, 15) is 0 Å². The van der Waals surface area contributed by atoms with Crippen LogP contribution in [-0.4, -0.2) is 50.1 Å². The molecule has 5 nitrogen and oxygen atoms in total. The summed E-state index contributed by atoms with van der Waals surface area (Å²) in [7, 11) is 1.82. The van der Waals surface area contributed by atoms with Crippen molar-refractivity contribution >= 4 is 40.9 Å². The summed E-state index contributed by atoms with van der Waals surface area (Å²) in [6.45, 7) is 10.9. The van der Waals surface area contributed by atoms with Gasteiger partial charge >= 0.3 is 0 Å². The molecule has 6 heteroatoms. The molecule has 0 fully saturated rings. The topological polar surface area (TPSA) is 52.8 Å². The lowest BCUT2D eigenvalue weighted by molar-refractivity contribution is 0.292. The fourth-order valence-electron chi connectivity index (χ4n) is 3.13. The molecule has 1 unspecified atom stereocenters. The molecule has 0 saturated heterocycles. The SMILES string of the molecule is CCN(CC)CCCC(C)NC(=NC)NCCc1cc2ccccc2o1.I. The molecule has 1 aromatic carbocycles. The number of fused-ring (bicyclic) bond motifs is 1. The van der Waals surface area contributed by atoms with E-state index in [2.05, 4.69) is 53.4 Å². The van der Waals surface area contributed by atoms with E-state index in [1.54, 1.807) is 0 Å². The number of guanidine groups is 1. The van der Waals surface area contributed by atoms with Crippen molar-refractivity contribution in [3.8, 4) is 0 Å². The molecule has 1 aromatic heterocycles. The number of halogens is 1. The smallest absolute Gasteiger partial charge is 0.191 e. The van der Waals surface area contributed by atoms with Crippen molar-refractivity contribution in [3.63, 3.8) is 0 Å². The number of nitrogens with zero attached hydrogens (tertiary/aromatic N) is 2. The molecule has 0 bridgehead atoms.